The van der Waals surface area contributed by atoms with Gasteiger partial charge in [-0.15, -0.1) is 0 Å². The quantitative estimate of drug-likeness (QED) is 0.224. The molecule has 3 unspecified atom stereocenters. The lowest BCUT2D eigenvalue weighted by Crippen LogP contribution is -2.28. The first-order chi connectivity index (χ1) is 18.8. The average molecular weight is 601 g/mol. The maximum atomic E-state index is 15.4. The summed E-state index contributed by atoms with van der Waals surface area (Å²) in [6.45, 7) is 16.4. The van der Waals surface area contributed by atoms with E-state index in [1.165, 1.54) is 10.8 Å². The van der Waals surface area contributed by atoms with Gasteiger partial charge in [0.1, 0.15) is 22.4 Å². The number of benzene rings is 1. The number of aromatic amines is 1. The molecule has 1 aromatic heterocycles. The minimum atomic E-state index is -1.76. The van der Waals surface area contributed by atoms with Crippen molar-refractivity contribution in [1.29, 1.82) is 0 Å². The summed E-state index contributed by atoms with van der Waals surface area (Å²) in [4.78, 5) is 26.0. The van der Waals surface area contributed by atoms with Crippen LogP contribution in [0, 0.1) is 10.5 Å². The van der Waals surface area contributed by atoms with Crippen LogP contribution >= 0.6 is 20.8 Å². The summed E-state index contributed by atoms with van der Waals surface area (Å²) < 4.78 is 40.6. The Morgan fingerprint density at radius 1 is 1.18 bits per heavy atom. The van der Waals surface area contributed by atoms with Crippen molar-refractivity contribution in [2.45, 2.75) is 98.0 Å². The predicted octanol–water partition coefficient (Wildman–Crippen LogP) is 6.62. The number of nitrogens with one attached hydrogen (secondary N) is 1. The number of rotatable bonds is 5. The fraction of sp³-hybridized carbons (Fsp3) is 0.607. The van der Waals surface area contributed by atoms with E-state index in [0.29, 0.717) is 36.0 Å². The van der Waals surface area contributed by atoms with Crippen molar-refractivity contribution in [2.75, 3.05) is 13.7 Å². The SMILES string of the molecule is CC.CC(C)(C)c1cc(C(C)(C)C)c2c(c1F)COP(OCC1CCC(n3cc(C=O)c(=S)[nH]c3=O)O1)O2.CO. The number of aliphatic hydroxyl groups excluding tert-OH is 1. The molecule has 0 saturated carbocycles. The molecule has 40 heavy (non-hydrogen) atoms. The van der Waals surface area contributed by atoms with E-state index in [1.54, 1.807) is 0 Å². The van der Waals surface area contributed by atoms with Crippen LogP contribution in [0.3, 0.4) is 0 Å². The molecule has 0 amide bonds. The molecular weight excluding hydrogens is 558 g/mol. The van der Waals surface area contributed by atoms with Gasteiger partial charge in [-0.05, 0) is 35.3 Å². The van der Waals surface area contributed by atoms with Crippen LogP contribution in [0.5, 0.6) is 5.75 Å². The number of aromatic nitrogens is 2. The summed E-state index contributed by atoms with van der Waals surface area (Å²) in [5.74, 6) is 0.187. The lowest BCUT2D eigenvalue weighted by molar-refractivity contribution is -0.0230. The number of H-pyrrole nitrogens is 1. The van der Waals surface area contributed by atoms with E-state index in [4.69, 9.17) is 35.6 Å². The van der Waals surface area contributed by atoms with Gasteiger partial charge in [0.15, 0.2) is 6.29 Å². The second-order valence-corrected chi connectivity index (χ2v) is 12.7. The smallest absolute Gasteiger partial charge is 0.397 e. The van der Waals surface area contributed by atoms with Gasteiger partial charge >= 0.3 is 14.3 Å². The predicted molar refractivity (Wildman–Crippen MR) is 156 cm³/mol. The number of carbonyl (C=O) groups is 1. The largest absolute Gasteiger partial charge is 0.426 e. The number of aldehydes is 1. The standard InChI is InChI=1S/C25H32FN2O6PS.C2H6.CH4O/c1-24(2,3)17-9-18(25(4,5)6)21-16(20(17)26)13-32-35(34-21)31-12-15-7-8-19(33-15)28-10-14(11-29)22(36)27-23(28)30;2*1-2/h9-11,15,19H,7-8,12-13H2,1-6H3,(H,27,30,36);1-2H3;2H,1H3. The Kier molecular flexibility index (Phi) is 12.2. The molecule has 224 valence electrons. The van der Waals surface area contributed by atoms with Crippen LogP contribution in [0.25, 0.3) is 0 Å². The highest BCUT2D eigenvalue weighted by molar-refractivity contribution is 7.71. The Balaban J connectivity index is 0.00000134. The first-order valence-corrected chi connectivity index (χ1v) is 14.8. The summed E-state index contributed by atoms with van der Waals surface area (Å²) in [5.41, 5.74) is 1.09. The zero-order chi connectivity index (χ0) is 30.4. The van der Waals surface area contributed by atoms with Crippen LogP contribution in [0.1, 0.15) is 102 Å². The van der Waals surface area contributed by atoms with Gasteiger partial charge in [0.25, 0.3) is 0 Å². The Morgan fingerprint density at radius 3 is 2.38 bits per heavy atom. The summed E-state index contributed by atoms with van der Waals surface area (Å²) in [6, 6.07) is 1.90. The molecule has 0 bridgehead atoms. The number of hydrogen-bond acceptors (Lipinski definition) is 8. The minimum absolute atomic E-state index is 0.0567. The summed E-state index contributed by atoms with van der Waals surface area (Å²) in [7, 11) is -0.756. The van der Waals surface area contributed by atoms with Gasteiger partial charge in [0.05, 0.1) is 30.4 Å². The maximum absolute atomic E-state index is 15.4. The van der Waals surface area contributed by atoms with Crippen molar-refractivity contribution in [3.63, 3.8) is 0 Å². The van der Waals surface area contributed by atoms with Gasteiger partial charge in [-0.25, -0.2) is 9.18 Å². The number of fused-ring (bicyclic) bond motifs is 1. The molecule has 3 atom stereocenters. The molecule has 2 aliphatic rings. The number of carbonyl (C=O) groups excluding carboxylic acids is 1. The zero-order valence-electron chi connectivity index (χ0n) is 24.8. The van der Waals surface area contributed by atoms with Crippen LogP contribution in [0.15, 0.2) is 17.1 Å². The Morgan fingerprint density at radius 2 is 1.80 bits per heavy atom. The van der Waals surface area contributed by atoms with E-state index < -0.39 is 20.5 Å². The molecule has 2 aliphatic heterocycles. The lowest BCUT2D eigenvalue weighted by atomic mass is 9.78. The molecule has 4 rings (SSSR count). The number of hydrogen-bond donors (Lipinski definition) is 2. The summed E-state index contributed by atoms with van der Waals surface area (Å²) in [6.07, 6.45) is 2.36. The van der Waals surface area contributed by atoms with Crippen molar-refractivity contribution in [3.8, 4) is 5.75 Å². The Hall–Kier alpha value is -2.01. The molecule has 2 N–H and O–H groups in total. The van der Waals surface area contributed by atoms with Crippen LogP contribution in [0.2, 0.25) is 0 Å². The molecule has 3 heterocycles. The normalized spacial score (nSPS) is 20.3. The van der Waals surface area contributed by atoms with E-state index in [2.05, 4.69) is 25.8 Å². The monoisotopic (exact) mass is 600 g/mol. The van der Waals surface area contributed by atoms with Gasteiger partial charge in [0, 0.05) is 18.9 Å². The highest BCUT2D eigenvalue weighted by Crippen LogP contribution is 2.52. The van der Waals surface area contributed by atoms with Crippen molar-refractivity contribution in [1.82, 2.24) is 9.55 Å². The van der Waals surface area contributed by atoms with Gasteiger partial charge in [-0.3, -0.25) is 23.4 Å². The third-order valence-corrected chi connectivity index (χ3v) is 7.66. The van der Waals surface area contributed by atoms with Crippen molar-refractivity contribution in [2.24, 2.45) is 0 Å². The molecule has 2 aromatic rings. The topological polar surface area (TPSA) is 112 Å². The van der Waals surface area contributed by atoms with Crippen molar-refractivity contribution < 1.29 is 32.6 Å². The van der Waals surface area contributed by atoms with E-state index in [0.717, 1.165) is 12.7 Å². The van der Waals surface area contributed by atoms with E-state index in [-0.39, 0.29) is 46.2 Å². The zero-order valence-corrected chi connectivity index (χ0v) is 26.5. The fourth-order valence-electron chi connectivity index (χ4n) is 4.27. The van der Waals surface area contributed by atoms with Crippen LogP contribution < -0.4 is 10.2 Å². The van der Waals surface area contributed by atoms with E-state index >= 15 is 4.39 Å². The van der Waals surface area contributed by atoms with Gasteiger partial charge in [-0.2, -0.15) is 0 Å². The molecule has 0 spiro atoms. The molecule has 1 aromatic carbocycles. The summed E-state index contributed by atoms with van der Waals surface area (Å²) in [5, 5.41) is 7.00. The molecule has 1 fully saturated rings. The van der Waals surface area contributed by atoms with E-state index in [9.17, 15) is 9.59 Å². The first kappa shape index (κ1) is 34.2. The molecule has 0 radical (unpaired) electrons. The van der Waals surface area contributed by atoms with Gasteiger partial charge in [-0.1, -0.05) is 67.6 Å². The summed E-state index contributed by atoms with van der Waals surface area (Å²) >= 11 is 4.99. The second-order valence-electron chi connectivity index (χ2n) is 11.1. The highest BCUT2D eigenvalue weighted by Gasteiger charge is 2.36. The van der Waals surface area contributed by atoms with Crippen LogP contribution in [0.4, 0.5) is 4.39 Å². The molecule has 1 saturated heterocycles. The van der Waals surface area contributed by atoms with Gasteiger partial charge < -0.3 is 14.4 Å². The maximum Gasteiger partial charge on any atom is 0.397 e. The molecule has 0 aliphatic carbocycles. The number of halogens is 1. The molecule has 12 heteroatoms. The van der Waals surface area contributed by atoms with Crippen molar-refractivity contribution in [3.05, 3.63) is 55.5 Å². The van der Waals surface area contributed by atoms with Crippen molar-refractivity contribution >= 4 is 27.1 Å². The Labute approximate surface area is 242 Å². The minimum Gasteiger partial charge on any atom is -0.426 e. The number of aliphatic hydroxyl groups is 1. The second kappa shape index (κ2) is 14.2. The third kappa shape index (κ3) is 7.84. The average Bonchev–Trinajstić information content (AvgIpc) is 3.37. The van der Waals surface area contributed by atoms with Crippen LogP contribution in [-0.2, 0) is 31.2 Å². The van der Waals surface area contributed by atoms with Crippen LogP contribution in [-0.4, -0.2) is 40.8 Å². The van der Waals surface area contributed by atoms with Gasteiger partial charge in [0.2, 0.25) is 0 Å². The van der Waals surface area contributed by atoms with E-state index in [1.807, 2.05) is 40.7 Å². The molecule has 9 nitrogen and oxygen atoms in total. The highest BCUT2D eigenvalue weighted by atomic mass is 32.1. The fourth-order valence-corrected chi connectivity index (χ4v) is 5.52. The third-order valence-electron chi connectivity index (χ3n) is 6.29. The lowest BCUT2D eigenvalue weighted by Gasteiger charge is -2.33. The number of ether oxygens (including phenoxy) is 1. The number of nitrogens with zero attached hydrogens (tertiary/aromatic N) is 1. The molecular formula is C28H42FN2O7PS. The first-order valence-electron chi connectivity index (χ1n) is 13.3. The Bertz CT molecular complexity index is 1280.